The lowest BCUT2D eigenvalue weighted by molar-refractivity contribution is 0.0996. The van der Waals surface area contributed by atoms with E-state index < -0.39 is 15.9 Å². The molecular formula is C17H23N3O4S. The summed E-state index contributed by atoms with van der Waals surface area (Å²) < 4.78 is 31.9. The molecule has 1 heterocycles. The third-order valence-electron chi connectivity index (χ3n) is 3.79. The first-order chi connectivity index (χ1) is 11.8. The molecule has 0 aliphatic rings. The molecule has 25 heavy (non-hydrogen) atoms. The smallest absolute Gasteiger partial charge is 0.291 e. The van der Waals surface area contributed by atoms with Crippen molar-refractivity contribution >= 4 is 27.3 Å². The van der Waals surface area contributed by atoms with Crippen LogP contribution in [0.3, 0.4) is 0 Å². The molecule has 0 saturated carbocycles. The average Bonchev–Trinajstić information content (AvgIpc) is 3.10. The van der Waals surface area contributed by atoms with Crippen LogP contribution in [-0.2, 0) is 10.0 Å². The minimum Gasteiger partial charge on any atom is -0.459 e. The van der Waals surface area contributed by atoms with Gasteiger partial charge in [0.05, 0.1) is 22.5 Å². The molecule has 8 heteroatoms. The molecule has 0 saturated heterocycles. The number of furan rings is 1. The highest BCUT2D eigenvalue weighted by atomic mass is 32.2. The maximum absolute atomic E-state index is 12.7. The summed E-state index contributed by atoms with van der Waals surface area (Å²) in [5.41, 5.74) is 1.10. The molecule has 0 radical (unpaired) electrons. The number of benzene rings is 1. The maximum atomic E-state index is 12.7. The first-order valence-electron chi connectivity index (χ1n) is 7.97. The van der Waals surface area contributed by atoms with Crippen LogP contribution in [-0.4, -0.2) is 45.8 Å². The van der Waals surface area contributed by atoms with E-state index in [0.717, 1.165) is 0 Å². The molecule has 2 rings (SSSR count). The maximum Gasteiger partial charge on any atom is 0.291 e. The van der Waals surface area contributed by atoms with Gasteiger partial charge in [0.15, 0.2) is 5.76 Å². The van der Waals surface area contributed by atoms with Gasteiger partial charge in [-0.3, -0.25) is 4.79 Å². The van der Waals surface area contributed by atoms with Crippen molar-refractivity contribution in [2.45, 2.75) is 18.7 Å². The standard InChI is InChI=1S/C17H23N3O4S/c1-5-20(6-2)25(22,23)13-9-10-15(19(3)4)14(12-13)18-17(21)16-8-7-11-24-16/h7-12H,5-6H2,1-4H3,(H,18,21). The first-order valence-corrected chi connectivity index (χ1v) is 9.41. The highest BCUT2D eigenvalue weighted by Gasteiger charge is 2.23. The van der Waals surface area contributed by atoms with E-state index in [0.29, 0.717) is 24.5 Å². The van der Waals surface area contributed by atoms with Crippen LogP contribution in [0, 0.1) is 0 Å². The Labute approximate surface area is 148 Å². The van der Waals surface area contributed by atoms with E-state index in [1.165, 1.54) is 16.6 Å². The van der Waals surface area contributed by atoms with Crippen molar-refractivity contribution in [1.29, 1.82) is 0 Å². The summed E-state index contributed by atoms with van der Waals surface area (Å²) in [6, 6.07) is 7.85. The number of sulfonamides is 1. The molecule has 136 valence electrons. The number of carbonyl (C=O) groups is 1. The molecule has 0 aliphatic carbocycles. The summed E-state index contributed by atoms with van der Waals surface area (Å²) in [6.45, 7) is 4.33. The zero-order valence-corrected chi connectivity index (χ0v) is 15.6. The molecule has 1 N–H and O–H groups in total. The highest BCUT2D eigenvalue weighted by Crippen LogP contribution is 2.29. The quantitative estimate of drug-likeness (QED) is 0.815. The van der Waals surface area contributed by atoms with Crippen LogP contribution >= 0.6 is 0 Å². The predicted molar refractivity (Wildman–Crippen MR) is 97.5 cm³/mol. The van der Waals surface area contributed by atoms with E-state index in [2.05, 4.69) is 5.32 Å². The second-order valence-electron chi connectivity index (χ2n) is 5.59. The monoisotopic (exact) mass is 365 g/mol. The van der Waals surface area contributed by atoms with Crippen molar-refractivity contribution in [2.24, 2.45) is 0 Å². The number of nitrogens with zero attached hydrogens (tertiary/aromatic N) is 2. The Bertz CT molecular complexity index is 826. The van der Waals surface area contributed by atoms with Gasteiger partial charge in [0.2, 0.25) is 10.0 Å². The van der Waals surface area contributed by atoms with E-state index in [-0.39, 0.29) is 10.7 Å². The van der Waals surface area contributed by atoms with Gasteiger partial charge < -0.3 is 14.6 Å². The molecule has 0 spiro atoms. The number of nitrogens with one attached hydrogen (secondary N) is 1. The molecular weight excluding hydrogens is 342 g/mol. The van der Waals surface area contributed by atoms with Gasteiger partial charge in [0.25, 0.3) is 5.91 Å². The second-order valence-corrected chi connectivity index (χ2v) is 7.53. The Kier molecular flexibility index (Phi) is 5.86. The third-order valence-corrected chi connectivity index (χ3v) is 5.83. The van der Waals surface area contributed by atoms with E-state index in [9.17, 15) is 13.2 Å². The number of hydrogen-bond donors (Lipinski definition) is 1. The van der Waals surface area contributed by atoms with Crippen molar-refractivity contribution in [2.75, 3.05) is 37.4 Å². The fraction of sp³-hybridized carbons (Fsp3) is 0.353. The van der Waals surface area contributed by atoms with Crippen LogP contribution in [0.4, 0.5) is 11.4 Å². The lowest BCUT2D eigenvalue weighted by Gasteiger charge is -2.22. The molecule has 2 aromatic rings. The molecule has 0 bridgehead atoms. The Hall–Kier alpha value is -2.32. The predicted octanol–water partition coefficient (Wildman–Crippen LogP) is 2.63. The summed E-state index contributed by atoms with van der Waals surface area (Å²) in [6.07, 6.45) is 1.41. The molecule has 0 fully saturated rings. The number of amides is 1. The Morgan fingerprint density at radius 1 is 1.16 bits per heavy atom. The highest BCUT2D eigenvalue weighted by molar-refractivity contribution is 7.89. The summed E-state index contributed by atoms with van der Waals surface area (Å²) in [7, 11) is 0.0162. The zero-order valence-electron chi connectivity index (χ0n) is 14.8. The summed E-state index contributed by atoms with van der Waals surface area (Å²) in [5, 5.41) is 2.72. The van der Waals surface area contributed by atoms with E-state index in [4.69, 9.17) is 4.42 Å². The van der Waals surface area contributed by atoms with Gasteiger partial charge in [-0.1, -0.05) is 13.8 Å². The fourth-order valence-corrected chi connectivity index (χ4v) is 3.95. The van der Waals surface area contributed by atoms with Gasteiger partial charge >= 0.3 is 0 Å². The van der Waals surface area contributed by atoms with Crippen LogP contribution < -0.4 is 10.2 Å². The van der Waals surface area contributed by atoms with Gasteiger partial charge in [0, 0.05) is 27.2 Å². The number of hydrogen-bond acceptors (Lipinski definition) is 5. The lowest BCUT2D eigenvalue weighted by atomic mass is 10.2. The molecule has 1 amide bonds. The van der Waals surface area contributed by atoms with Crippen LogP contribution in [0.25, 0.3) is 0 Å². The van der Waals surface area contributed by atoms with Crippen LogP contribution in [0.15, 0.2) is 45.9 Å². The summed E-state index contributed by atoms with van der Waals surface area (Å²) in [5.74, 6) is -0.285. The number of anilines is 2. The minimum atomic E-state index is -3.62. The normalized spacial score (nSPS) is 11.6. The lowest BCUT2D eigenvalue weighted by Crippen LogP contribution is -2.30. The fourth-order valence-electron chi connectivity index (χ4n) is 2.47. The SMILES string of the molecule is CCN(CC)S(=O)(=O)c1ccc(N(C)C)c(NC(=O)c2ccco2)c1. The number of rotatable bonds is 7. The zero-order chi connectivity index (χ0) is 18.6. The minimum absolute atomic E-state index is 0.136. The topological polar surface area (TPSA) is 82.9 Å². The second kappa shape index (κ2) is 7.71. The van der Waals surface area contributed by atoms with Gasteiger partial charge in [-0.2, -0.15) is 4.31 Å². The van der Waals surface area contributed by atoms with Gasteiger partial charge in [0.1, 0.15) is 0 Å². The third kappa shape index (κ3) is 4.02. The molecule has 1 aromatic carbocycles. The summed E-state index contributed by atoms with van der Waals surface area (Å²) >= 11 is 0. The van der Waals surface area contributed by atoms with Crippen molar-refractivity contribution in [3.8, 4) is 0 Å². The van der Waals surface area contributed by atoms with Gasteiger partial charge in [-0.25, -0.2) is 8.42 Å². The van der Waals surface area contributed by atoms with E-state index >= 15 is 0 Å². The molecule has 1 aromatic heterocycles. The van der Waals surface area contributed by atoms with Crippen LogP contribution in [0.2, 0.25) is 0 Å². The van der Waals surface area contributed by atoms with E-state index in [1.54, 1.807) is 43.0 Å². The Balaban J connectivity index is 2.45. The molecule has 0 aliphatic heterocycles. The number of carbonyl (C=O) groups excluding carboxylic acids is 1. The molecule has 0 unspecified atom stereocenters. The van der Waals surface area contributed by atoms with Crippen LogP contribution in [0.5, 0.6) is 0 Å². The van der Waals surface area contributed by atoms with Crippen LogP contribution in [0.1, 0.15) is 24.4 Å². The molecule has 0 atom stereocenters. The van der Waals surface area contributed by atoms with Crippen molar-refractivity contribution in [3.05, 3.63) is 42.4 Å². The first kappa shape index (κ1) is 19.0. The van der Waals surface area contributed by atoms with Gasteiger partial charge in [-0.05, 0) is 30.3 Å². The Morgan fingerprint density at radius 2 is 1.84 bits per heavy atom. The largest absolute Gasteiger partial charge is 0.459 e. The van der Waals surface area contributed by atoms with Crippen molar-refractivity contribution in [3.63, 3.8) is 0 Å². The van der Waals surface area contributed by atoms with E-state index in [1.807, 2.05) is 14.1 Å². The summed E-state index contributed by atoms with van der Waals surface area (Å²) in [4.78, 5) is 14.2. The van der Waals surface area contributed by atoms with Crippen molar-refractivity contribution in [1.82, 2.24) is 4.31 Å². The molecule has 7 nitrogen and oxygen atoms in total. The van der Waals surface area contributed by atoms with Crippen molar-refractivity contribution < 1.29 is 17.6 Å². The Morgan fingerprint density at radius 3 is 2.36 bits per heavy atom. The van der Waals surface area contributed by atoms with Gasteiger partial charge in [-0.15, -0.1) is 0 Å². The average molecular weight is 365 g/mol.